The summed E-state index contributed by atoms with van der Waals surface area (Å²) in [6, 6.07) is 12.1. The number of hydrogen-bond donors (Lipinski definition) is 1. The molecule has 0 amide bonds. The van der Waals surface area contributed by atoms with Gasteiger partial charge in [-0.15, -0.1) is 19.1 Å². The summed E-state index contributed by atoms with van der Waals surface area (Å²) in [4.78, 5) is 0.851. The second-order valence-electron chi connectivity index (χ2n) is 3.39. The molecule has 0 nitrogen and oxygen atoms in total. The van der Waals surface area contributed by atoms with Gasteiger partial charge in [-0.3, -0.25) is 0 Å². The van der Waals surface area contributed by atoms with Gasteiger partial charge < -0.3 is 0 Å². The average molecular weight is 228 g/mol. The van der Waals surface area contributed by atoms with Gasteiger partial charge in [-0.05, 0) is 29.8 Å². The zero-order valence-corrected chi connectivity index (χ0v) is 9.34. The second-order valence-corrected chi connectivity index (χ2v) is 3.90. The quantitative estimate of drug-likeness (QED) is 0.557. The largest absolute Gasteiger partial charge is 0.206 e. The molecule has 0 saturated carbocycles. The van der Waals surface area contributed by atoms with E-state index in [-0.39, 0.29) is 5.82 Å². The number of hydrogen-bond acceptors (Lipinski definition) is 1. The van der Waals surface area contributed by atoms with E-state index in [9.17, 15) is 4.39 Å². The fourth-order valence-electron chi connectivity index (χ4n) is 1.48. The molecule has 0 N–H and O–H groups in total. The molecule has 0 saturated heterocycles. The van der Waals surface area contributed by atoms with Gasteiger partial charge in [0, 0.05) is 16.0 Å². The highest BCUT2D eigenvalue weighted by atomic mass is 32.1. The van der Waals surface area contributed by atoms with Crippen LogP contribution in [0.3, 0.4) is 0 Å². The molecule has 0 unspecified atom stereocenters. The van der Waals surface area contributed by atoms with Crippen LogP contribution in [0.1, 0.15) is 5.56 Å². The number of rotatable bonds is 1. The van der Waals surface area contributed by atoms with Gasteiger partial charge >= 0.3 is 0 Å². The van der Waals surface area contributed by atoms with Crippen LogP contribution in [0.25, 0.3) is 11.1 Å². The molecule has 2 aromatic rings. The Hall–Kier alpha value is -1.72. The first kappa shape index (κ1) is 10.8. The summed E-state index contributed by atoms with van der Waals surface area (Å²) in [5, 5.41) is 0. The fraction of sp³-hybridized carbons (Fsp3) is 0. The summed E-state index contributed by atoms with van der Waals surface area (Å²) in [7, 11) is 0. The lowest BCUT2D eigenvalue weighted by Gasteiger charge is -2.04. The summed E-state index contributed by atoms with van der Waals surface area (Å²) in [5.41, 5.74) is 1.92. The highest BCUT2D eigenvalue weighted by Gasteiger charge is 2.04. The molecule has 0 aliphatic heterocycles. The molecule has 0 fully saturated rings. The first-order valence-corrected chi connectivity index (χ1v) is 5.21. The summed E-state index contributed by atoms with van der Waals surface area (Å²) in [5.74, 6) is 2.10. The van der Waals surface area contributed by atoms with Crippen molar-refractivity contribution in [3.63, 3.8) is 0 Å². The molecule has 0 heterocycles. The van der Waals surface area contributed by atoms with Gasteiger partial charge in [0.2, 0.25) is 0 Å². The van der Waals surface area contributed by atoms with E-state index in [1.54, 1.807) is 12.1 Å². The minimum atomic E-state index is -0.303. The maximum atomic E-state index is 13.7. The molecule has 0 atom stereocenters. The first-order valence-electron chi connectivity index (χ1n) is 4.76. The maximum Gasteiger partial charge on any atom is 0.132 e. The van der Waals surface area contributed by atoms with Crippen molar-refractivity contribution in [1.82, 2.24) is 0 Å². The zero-order valence-electron chi connectivity index (χ0n) is 8.44. The van der Waals surface area contributed by atoms with Crippen molar-refractivity contribution in [1.29, 1.82) is 0 Å². The molecule has 2 aromatic carbocycles. The third-order valence-electron chi connectivity index (χ3n) is 2.31. The Morgan fingerprint density at radius 1 is 1.06 bits per heavy atom. The van der Waals surface area contributed by atoms with Crippen LogP contribution in [0.2, 0.25) is 0 Å². The predicted octanol–water partition coefficient (Wildman–Crippen LogP) is 3.76. The lowest BCUT2D eigenvalue weighted by molar-refractivity contribution is 0.631. The molecule has 2 heteroatoms. The van der Waals surface area contributed by atoms with Gasteiger partial charge in [0.05, 0.1) is 0 Å². The molecule has 2 rings (SSSR count). The Labute approximate surface area is 99.5 Å². The third kappa shape index (κ3) is 2.10. The smallest absolute Gasteiger partial charge is 0.132 e. The first-order chi connectivity index (χ1) is 7.70. The monoisotopic (exact) mass is 228 g/mol. The van der Waals surface area contributed by atoms with E-state index in [4.69, 9.17) is 6.42 Å². The molecular formula is C14H9FS. The summed E-state index contributed by atoms with van der Waals surface area (Å²) >= 11 is 4.18. The molecule has 0 aromatic heterocycles. The maximum absolute atomic E-state index is 13.7. The van der Waals surface area contributed by atoms with Crippen LogP contribution >= 0.6 is 12.6 Å². The molecule has 0 aliphatic rings. The highest BCUT2D eigenvalue weighted by molar-refractivity contribution is 7.80. The van der Waals surface area contributed by atoms with Gasteiger partial charge in [-0.25, -0.2) is 4.39 Å². The van der Waals surface area contributed by atoms with Crippen molar-refractivity contribution < 1.29 is 4.39 Å². The van der Waals surface area contributed by atoms with E-state index in [1.807, 2.05) is 24.3 Å². The van der Waals surface area contributed by atoms with Crippen molar-refractivity contribution in [3.05, 3.63) is 53.8 Å². The van der Waals surface area contributed by atoms with Crippen LogP contribution in [0.4, 0.5) is 4.39 Å². The standard InChI is InChI=1S/C14H9FS/c1-2-10-3-8-13(14(15)9-10)11-4-6-12(16)7-5-11/h1,3-9,16H. The Morgan fingerprint density at radius 3 is 2.31 bits per heavy atom. The Morgan fingerprint density at radius 2 is 1.75 bits per heavy atom. The third-order valence-corrected chi connectivity index (χ3v) is 2.61. The number of terminal acetylenes is 1. The Kier molecular flexibility index (Phi) is 2.98. The highest BCUT2D eigenvalue weighted by Crippen LogP contribution is 2.24. The van der Waals surface area contributed by atoms with E-state index in [1.165, 1.54) is 6.07 Å². The van der Waals surface area contributed by atoms with E-state index in [0.717, 1.165) is 10.5 Å². The van der Waals surface area contributed by atoms with E-state index < -0.39 is 0 Å². The van der Waals surface area contributed by atoms with Crippen LogP contribution in [0.5, 0.6) is 0 Å². The van der Waals surface area contributed by atoms with Gasteiger partial charge in [-0.2, -0.15) is 0 Å². The summed E-state index contributed by atoms with van der Waals surface area (Å²) in [6.07, 6.45) is 5.20. The molecule has 78 valence electrons. The SMILES string of the molecule is C#Cc1ccc(-c2ccc(S)cc2)c(F)c1. The van der Waals surface area contributed by atoms with E-state index in [0.29, 0.717) is 11.1 Å². The molecular weight excluding hydrogens is 219 g/mol. The Bertz CT molecular complexity index is 550. The van der Waals surface area contributed by atoms with Crippen LogP contribution in [-0.4, -0.2) is 0 Å². The van der Waals surface area contributed by atoms with Crippen LogP contribution < -0.4 is 0 Å². The van der Waals surface area contributed by atoms with Gasteiger partial charge in [-0.1, -0.05) is 24.1 Å². The van der Waals surface area contributed by atoms with Crippen molar-refractivity contribution >= 4 is 12.6 Å². The summed E-state index contributed by atoms with van der Waals surface area (Å²) in [6.45, 7) is 0. The molecule has 0 spiro atoms. The molecule has 16 heavy (non-hydrogen) atoms. The van der Waals surface area contributed by atoms with Crippen molar-refractivity contribution in [3.8, 4) is 23.5 Å². The lowest BCUT2D eigenvalue weighted by Crippen LogP contribution is -1.85. The van der Waals surface area contributed by atoms with Gasteiger partial charge in [0.25, 0.3) is 0 Å². The lowest BCUT2D eigenvalue weighted by atomic mass is 10.0. The normalized spacial score (nSPS) is 9.81. The van der Waals surface area contributed by atoms with Crippen LogP contribution in [0.15, 0.2) is 47.4 Å². The van der Waals surface area contributed by atoms with Gasteiger partial charge in [0.15, 0.2) is 0 Å². The zero-order chi connectivity index (χ0) is 11.5. The van der Waals surface area contributed by atoms with Gasteiger partial charge in [0.1, 0.15) is 5.82 Å². The topological polar surface area (TPSA) is 0 Å². The fourth-order valence-corrected chi connectivity index (χ4v) is 1.63. The molecule has 0 aliphatic carbocycles. The Balaban J connectivity index is 2.49. The number of thiol groups is 1. The molecule has 0 bridgehead atoms. The van der Waals surface area contributed by atoms with Crippen molar-refractivity contribution in [2.24, 2.45) is 0 Å². The average Bonchev–Trinajstić information content (AvgIpc) is 2.30. The van der Waals surface area contributed by atoms with Crippen molar-refractivity contribution in [2.45, 2.75) is 4.90 Å². The van der Waals surface area contributed by atoms with Crippen molar-refractivity contribution in [2.75, 3.05) is 0 Å². The van der Waals surface area contributed by atoms with Crippen LogP contribution in [-0.2, 0) is 0 Å². The predicted molar refractivity (Wildman–Crippen MR) is 67.0 cm³/mol. The molecule has 0 radical (unpaired) electrons. The van der Waals surface area contributed by atoms with Crippen LogP contribution in [0, 0.1) is 18.2 Å². The second kappa shape index (κ2) is 4.42. The minimum Gasteiger partial charge on any atom is -0.206 e. The van der Waals surface area contributed by atoms with E-state index >= 15 is 0 Å². The summed E-state index contributed by atoms with van der Waals surface area (Å²) < 4.78 is 13.7. The number of benzene rings is 2. The number of halogens is 1. The minimum absolute atomic E-state index is 0.303. The van der Waals surface area contributed by atoms with E-state index in [2.05, 4.69) is 18.5 Å².